The van der Waals surface area contributed by atoms with Gasteiger partial charge in [0.1, 0.15) is 0 Å². The van der Waals surface area contributed by atoms with E-state index in [1.54, 1.807) is 13.2 Å². The summed E-state index contributed by atoms with van der Waals surface area (Å²) in [4.78, 5) is 13.2. The topological polar surface area (TPSA) is 96.4 Å². The Hall–Kier alpha value is -1.16. The van der Waals surface area contributed by atoms with Gasteiger partial charge >= 0.3 is 16.4 Å². The van der Waals surface area contributed by atoms with Crippen molar-refractivity contribution in [2.75, 3.05) is 26.8 Å². The van der Waals surface area contributed by atoms with E-state index in [2.05, 4.69) is 4.28 Å². The number of amides is 2. The molecule has 2 aliphatic rings. The predicted octanol–water partition coefficient (Wildman–Crippen LogP) is -0.196. The summed E-state index contributed by atoms with van der Waals surface area (Å²) in [5.41, 5.74) is 0.975. The highest BCUT2D eigenvalue weighted by molar-refractivity contribution is 7.80. The summed E-state index contributed by atoms with van der Waals surface area (Å²) in [6.07, 6.45) is 2.43. The molecule has 2 rings (SSSR count). The molecule has 1 fully saturated rings. The Bertz CT molecular complexity index is 473. The van der Waals surface area contributed by atoms with Gasteiger partial charge in [-0.25, -0.2) is 4.79 Å². The molecule has 0 aliphatic carbocycles. The standard InChI is InChI=1S/C9H14N2O6S/c1-16-3-2-7-4-8-6-10(5-7)9(12)11(8)17-18(13,14)15/h4,8H,2-3,5-6H2,1H3,(H,13,14,15). The summed E-state index contributed by atoms with van der Waals surface area (Å²) in [5, 5.41) is 0.676. The van der Waals surface area contributed by atoms with Crippen LogP contribution in [0.25, 0.3) is 0 Å². The van der Waals surface area contributed by atoms with Crippen LogP contribution in [0.1, 0.15) is 6.42 Å². The number of rotatable bonds is 5. The summed E-state index contributed by atoms with van der Waals surface area (Å²) in [6, 6.07) is -1.07. The summed E-state index contributed by atoms with van der Waals surface area (Å²) in [5.74, 6) is 0. The second-order valence-corrected chi connectivity index (χ2v) is 5.13. The lowest BCUT2D eigenvalue weighted by Gasteiger charge is -2.20. The van der Waals surface area contributed by atoms with Crippen LogP contribution in [0.15, 0.2) is 11.6 Å². The monoisotopic (exact) mass is 278 g/mol. The van der Waals surface area contributed by atoms with E-state index in [9.17, 15) is 13.2 Å². The van der Waals surface area contributed by atoms with Crippen LogP contribution in [0, 0.1) is 0 Å². The number of ether oxygens (including phenoxy) is 1. The van der Waals surface area contributed by atoms with Crippen molar-refractivity contribution in [1.82, 2.24) is 9.96 Å². The van der Waals surface area contributed by atoms with Crippen LogP contribution in [0.4, 0.5) is 4.79 Å². The molecule has 2 amide bonds. The van der Waals surface area contributed by atoms with Gasteiger partial charge in [0.05, 0.1) is 6.04 Å². The number of hydrogen-bond donors (Lipinski definition) is 1. The molecular weight excluding hydrogens is 264 g/mol. The summed E-state index contributed by atoms with van der Waals surface area (Å²) >= 11 is 0. The van der Waals surface area contributed by atoms with Crippen molar-refractivity contribution in [3.8, 4) is 0 Å². The van der Waals surface area contributed by atoms with Crippen LogP contribution in [0.3, 0.4) is 0 Å². The van der Waals surface area contributed by atoms with Gasteiger partial charge in [-0.3, -0.25) is 4.55 Å². The van der Waals surface area contributed by atoms with Crippen molar-refractivity contribution in [3.63, 3.8) is 0 Å². The van der Waals surface area contributed by atoms with Gasteiger partial charge in [0.2, 0.25) is 0 Å². The first kappa shape index (κ1) is 13.3. The van der Waals surface area contributed by atoms with Crippen molar-refractivity contribution < 1.29 is 26.8 Å². The maximum absolute atomic E-state index is 11.8. The molecule has 2 bridgehead atoms. The fourth-order valence-corrected chi connectivity index (χ4v) is 2.44. The predicted molar refractivity (Wildman–Crippen MR) is 59.8 cm³/mol. The number of fused-ring (bicyclic) bond motifs is 2. The molecule has 2 aliphatic heterocycles. The number of carbonyl (C=O) groups is 1. The molecule has 0 aromatic carbocycles. The Labute approximate surface area is 105 Å². The summed E-state index contributed by atoms with van der Waals surface area (Å²) in [6.45, 7) is 1.30. The average Bonchev–Trinajstić information content (AvgIpc) is 2.49. The van der Waals surface area contributed by atoms with Gasteiger partial charge in [-0.15, -0.1) is 4.28 Å². The highest BCUT2D eigenvalue weighted by atomic mass is 32.3. The number of hydroxylamine groups is 2. The third-order valence-corrected chi connectivity index (χ3v) is 3.14. The molecule has 0 spiro atoms. The molecule has 0 saturated carbocycles. The van der Waals surface area contributed by atoms with Gasteiger partial charge < -0.3 is 9.64 Å². The van der Waals surface area contributed by atoms with Crippen LogP contribution in [0.5, 0.6) is 0 Å². The third-order valence-electron chi connectivity index (χ3n) is 2.79. The summed E-state index contributed by atoms with van der Waals surface area (Å²) in [7, 11) is -3.11. The van der Waals surface area contributed by atoms with E-state index in [-0.39, 0.29) is 0 Å². The molecule has 102 valence electrons. The fourth-order valence-electron chi connectivity index (χ4n) is 2.07. The first-order chi connectivity index (χ1) is 8.40. The highest BCUT2D eigenvalue weighted by Gasteiger charge is 2.42. The van der Waals surface area contributed by atoms with Crippen LogP contribution < -0.4 is 0 Å². The van der Waals surface area contributed by atoms with E-state index < -0.39 is 22.5 Å². The maximum Gasteiger partial charge on any atom is 0.418 e. The third kappa shape index (κ3) is 2.80. The van der Waals surface area contributed by atoms with Crippen LogP contribution >= 0.6 is 0 Å². The van der Waals surface area contributed by atoms with E-state index in [0.717, 1.165) is 5.57 Å². The van der Waals surface area contributed by atoms with Crippen molar-refractivity contribution >= 4 is 16.4 Å². The minimum Gasteiger partial charge on any atom is -0.384 e. The molecular formula is C9H14N2O6S. The van der Waals surface area contributed by atoms with Gasteiger partial charge in [0.15, 0.2) is 0 Å². The number of urea groups is 1. The minimum atomic E-state index is -4.69. The highest BCUT2D eigenvalue weighted by Crippen LogP contribution is 2.26. The Morgan fingerprint density at radius 3 is 2.89 bits per heavy atom. The van der Waals surface area contributed by atoms with Gasteiger partial charge in [0.25, 0.3) is 0 Å². The van der Waals surface area contributed by atoms with Crippen molar-refractivity contribution in [2.45, 2.75) is 12.5 Å². The quantitative estimate of drug-likeness (QED) is 0.553. The lowest BCUT2D eigenvalue weighted by molar-refractivity contribution is -0.0184. The zero-order chi connectivity index (χ0) is 13.3. The zero-order valence-corrected chi connectivity index (χ0v) is 10.6. The van der Waals surface area contributed by atoms with E-state index in [0.29, 0.717) is 31.2 Å². The van der Waals surface area contributed by atoms with Gasteiger partial charge in [-0.1, -0.05) is 11.6 Å². The molecule has 18 heavy (non-hydrogen) atoms. The van der Waals surface area contributed by atoms with Crippen LogP contribution in [0.2, 0.25) is 0 Å². The molecule has 0 radical (unpaired) electrons. The zero-order valence-electron chi connectivity index (χ0n) is 9.77. The van der Waals surface area contributed by atoms with Crippen LogP contribution in [-0.2, 0) is 19.4 Å². The molecule has 9 heteroatoms. The van der Waals surface area contributed by atoms with E-state index in [1.807, 2.05) is 0 Å². The molecule has 1 unspecified atom stereocenters. The number of nitrogens with zero attached hydrogens (tertiary/aromatic N) is 2. The Balaban J connectivity index is 2.11. The van der Waals surface area contributed by atoms with Gasteiger partial charge in [-0.2, -0.15) is 13.5 Å². The maximum atomic E-state index is 11.8. The molecule has 0 aromatic rings. The number of carbonyl (C=O) groups excluding carboxylic acids is 1. The molecule has 2 heterocycles. The molecule has 0 aromatic heterocycles. The van der Waals surface area contributed by atoms with E-state index >= 15 is 0 Å². The number of hydrogen-bond acceptors (Lipinski definition) is 5. The molecule has 1 saturated heterocycles. The normalized spacial score (nSPS) is 23.6. The molecule has 1 atom stereocenters. The smallest absolute Gasteiger partial charge is 0.384 e. The van der Waals surface area contributed by atoms with Crippen LogP contribution in [-0.4, -0.2) is 61.8 Å². The van der Waals surface area contributed by atoms with E-state index in [1.165, 1.54) is 4.90 Å². The van der Waals surface area contributed by atoms with E-state index in [4.69, 9.17) is 9.29 Å². The fraction of sp³-hybridized carbons (Fsp3) is 0.667. The second-order valence-electron chi connectivity index (χ2n) is 4.13. The van der Waals surface area contributed by atoms with Crippen molar-refractivity contribution in [2.24, 2.45) is 0 Å². The molecule has 1 N–H and O–H groups in total. The van der Waals surface area contributed by atoms with Gasteiger partial charge in [0, 0.05) is 26.8 Å². The lowest BCUT2D eigenvalue weighted by Crippen LogP contribution is -2.35. The minimum absolute atomic E-state index is 0.352. The lowest BCUT2D eigenvalue weighted by atomic mass is 10.1. The Morgan fingerprint density at radius 1 is 1.56 bits per heavy atom. The molecule has 8 nitrogen and oxygen atoms in total. The van der Waals surface area contributed by atoms with Crippen molar-refractivity contribution in [1.29, 1.82) is 0 Å². The first-order valence-electron chi connectivity index (χ1n) is 5.34. The number of methoxy groups -OCH3 is 1. The Morgan fingerprint density at radius 2 is 2.28 bits per heavy atom. The summed E-state index contributed by atoms with van der Waals surface area (Å²) < 4.78 is 39.1. The van der Waals surface area contributed by atoms with Crippen molar-refractivity contribution in [3.05, 3.63) is 11.6 Å². The average molecular weight is 278 g/mol. The first-order valence-corrected chi connectivity index (χ1v) is 6.71. The second kappa shape index (κ2) is 4.84. The Kier molecular flexibility index (Phi) is 3.57. The SMILES string of the molecule is COCCC1=CC2CN(C1)C(=O)N2OS(=O)(=O)O. The van der Waals surface area contributed by atoms with Gasteiger partial charge in [-0.05, 0) is 6.42 Å². The largest absolute Gasteiger partial charge is 0.418 e.